The van der Waals surface area contributed by atoms with Gasteiger partial charge in [-0.2, -0.15) is 0 Å². The molecule has 0 aromatic heterocycles. The summed E-state index contributed by atoms with van der Waals surface area (Å²) >= 11 is 0. The third-order valence-electron chi connectivity index (χ3n) is 4.63. The molecule has 0 nitrogen and oxygen atoms in total. The van der Waals surface area contributed by atoms with Gasteiger partial charge in [0.15, 0.2) is 0 Å². The first kappa shape index (κ1) is 14.4. The summed E-state index contributed by atoms with van der Waals surface area (Å²) in [6.07, 6.45) is 1.13. The van der Waals surface area contributed by atoms with Crippen LogP contribution < -0.4 is 0 Å². The zero-order valence-corrected chi connectivity index (χ0v) is 14.2. The van der Waals surface area contributed by atoms with Crippen LogP contribution in [-0.4, -0.2) is 0 Å². The van der Waals surface area contributed by atoms with Crippen molar-refractivity contribution in [1.82, 2.24) is 0 Å². The van der Waals surface area contributed by atoms with Crippen molar-refractivity contribution in [3.63, 3.8) is 0 Å². The standard InChI is InChI=1S/C21H26/c1-14-7-9-16-17-10-8-15(13-20(2,3)4)12-19(17)21(5,6)18(16)11-14/h7-12H,13H2,1-6H3. The third-order valence-corrected chi connectivity index (χ3v) is 4.63. The molecule has 0 N–H and O–H groups in total. The van der Waals surface area contributed by atoms with Crippen LogP contribution in [0.15, 0.2) is 36.4 Å². The molecule has 0 bridgehead atoms. The first-order valence-electron chi connectivity index (χ1n) is 7.93. The Kier molecular flexibility index (Phi) is 3.06. The fourth-order valence-electron chi connectivity index (χ4n) is 3.62. The Morgan fingerprint density at radius 1 is 0.857 bits per heavy atom. The maximum atomic E-state index is 2.44. The second-order valence-corrected chi connectivity index (χ2v) is 8.29. The van der Waals surface area contributed by atoms with E-state index >= 15 is 0 Å². The van der Waals surface area contributed by atoms with Crippen molar-refractivity contribution in [2.24, 2.45) is 5.41 Å². The van der Waals surface area contributed by atoms with E-state index in [4.69, 9.17) is 0 Å². The van der Waals surface area contributed by atoms with Crippen molar-refractivity contribution in [2.75, 3.05) is 0 Å². The highest BCUT2D eigenvalue weighted by molar-refractivity contribution is 5.81. The zero-order valence-electron chi connectivity index (χ0n) is 14.2. The van der Waals surface area contributed by atoms with E-state index in [-0.39, 0.29) is 5.41 Å². The molecule has 0 amide bonds. The van der Waals surface area contributed by atoms with E-state index in [0.717, 1.165) is 6.42 Å². The number of hydrogen-bond acceptors (Lipinski definition) is 0. The molecule has 0 saturated heterocycles. The quantitative estimate of drug-likeness (QED) is 0.610. The molecule has 0 heteroatoms. The lowest BCUT2D eigenvalue weighted by Crippen LogP contribution is -2.16. The number of benzene rings is 2. The summed E-state index contributed by atoms with van der Waals surface area (Å²) in [7, 11) is 0. The van der Waals surface area contributed by atoms with Crippen LogP contribution in [-0.2, 0) is 11.8 Å². The van der Waals surface area contributed by atoms with Gasteiger partial charge in [0.25, 0.3) is 0 Å². The molecule has 0 unspecified atom stereocenters. The molecule has 2 aromatic rings. The lowest BCUT2D eigenvalue weighted by Gasteiger charge is -2.24. The van der Waals surface area contributed by atoms with Gasteiger partial charge in [-0.3, -0.25) is 0 Å². The first-order chi connectivity index (χ1) is 9.68. The van der Waals surface area contributed by atoms with Crippen molar-refractivity contribution in [2.45, 2.75) is 53.4 Å². The number of fused-ring (bicyclic) bond motifs is 3. The molecule has 1 aliphatic rings. The predicted octanol–water partition coefficient (Wildman–Crippen LogP) is 5.89. The van der Waals surface area contributed by atoms with E-state index in [9.17, 15) is 0 Å². The highest BCUT2D eigenvalue weighted by Gasteiger charge is 2.35. The van der Waals surface area contributed by atoms with E-state index in [1.807, 2.05) is 0 Å². The summed E-state index contributed by atoms with van der Waals surface area (Å²) in [5, 5.41) is 0. The van der Waals surface area contributed by atoms with Gasteiger partial charge in [0.1, 0.15) is 0 Å². The third kappa shape index (κ3) is 2.41. The summed E-state index contributed by atoms with van der Waals surface area (Å²) in [5.74, 6) is 0. The normalized spacial score (nSPS) is 15.7. The van der Waals surface area contributed by atoms with Gasteiger partial charge in [-0.25, -0.2) is 0 Å². The Morgan fingerprint density at radius 3 is 2.05 bits per heavy atom. The lowest BCUT2D eigenvalue weighted by atomic mass is 9.80. The van der Waals surface area contributed by atoms with Crippen LogP contribution in [0.25, 0.3) is 11.1 Å². The Labute approximate surface area is 129 Å². The van der Waals surface area contributed by atoms with Crippen molar-refractivity contribution in [3.05, 3.63) is 58.7 Å². The number of hydrogen-bond donors (Lipinski definition) is 0. The molecule has 21 heavy (non-hydrogen) atoms. The highest BCUT2D eigenvalue weighted by Crippen LogP contribution is 2.49. The summed E-state index contributed by atoms with van der Waals surface area (Å²) in [6.45, 7) is 13.8. The smallest absolute Gasteiger partial charge is 0.0159 e. The average molecular weight is 278 g/mol. The van der Waals surface area contributed by atoms with E-state index in [2.05, 4.69) is 77.9 Å². The summed E-state index contributed by atoms with van der Waals surface area (Å²) in [5.41, 5.74) is 9.07. The van der Waals surface area contributed by atoms with Gasteiger partial charge in [-0.05, 0) is 46.6 Å². The fraction of sp³-hybridized carbons (Fsp3) is 0.429. The van der Waals surface area contributed by atoms with Gasteiger partial charge in [-0.1, -0.05) is 76.6 Å². The van der Waals surface area contributed by atoms with Crippen LogP contribution >= 0.6 is 0 Å². The maximum Gasteiger partial charge on any atom is 0.0159 e. The van der Waals surface area contributed by atoms with Crippen LogP contribution in [0.4, 0.5) is 0 Å². The second kappa shape index (κ2) is 4.47. The molecule has 1 aliphatic carbocycles. The zero-order chi connectivity index (χ0) is 15.4. The van der Waals surface area contributed by atoms with E-state index in [1.165, 1.54) is 33.4 Å². The molecule has 0 spiro atoms. The van der Waals surface area contributed by atoms with E-state index in [1.54, 1.807) is 0 Å². The Hall–Kier alpha value is -1.56. The Morgan fingerprint density at radius 2 is 1.43 bits per heavy atom. The van der Waals surface area contributed by atoms with Gasteiger partial charge in [-0.15, -0.1) is 0 Å². The molecule has 0 radical (unpaired) electrons. The van der Waals surface area contributed by atoms with Gasteiger partial charge < -0.3 is 0 Å². The largest absolute Gasteiger partial charge is 0.0599 e. The van der Waals surface area contributed by atoms with Crippen LogP contribution in [0.5, 0.6) is 0 Å². The molecular formula is C21H26. The summed E-state index contributed by atoms with van der Waals surface area (Å²) in [4.78, 5) is 0. The molecule has 0 aliphatic heterocycles. The van der Waals surface area contributed by atoms with Gasteiger partial charge in [0.05, 0.1) is 0 Å². The second-order valence-electron chi connectivity index (χ2n) is 8.29. The van der Waals surface area contributed by atoms with Gasteiger partial charge in [0, 0.05) is 5.41 Å². The van der Waals surface area contributed by atoms with Crippen LogP contribution in [0, 0.1) is 12.3 Å². The van der Waals surface area contributed by atoms with Crippen molar-refractivity contribution >= 4 is 0 Å². The molecule has 0 atom stereocenters. The van der Waals surface area contributed by atoms with Crippen molar-refractivity contribution in [1.29, 1.82) is 0 Å². The minimum Gasteiger partial charge on any atom is -0.0599 e. The molecule has 0 heterocycles. The average Bonchev–Trinajstić information content (AvgIpc) is 2.57. The molecule has 0 saturated carbocycles. The molecule has 2 aromatic carbocycles. The maximum absolute atomic E-state index is 2.44. The van der Waals surface area contributed by atoms with E-state index < -0.39 is 0 Å². The minimum absolute atomic E-state index is 0.116. The monoisotopic (exact) mass is 278 g/mol. The van der Waals surface area contributed by atoms with Crippen LogP contribution in [0.3, 0.4) is 0 Å². The summed E-state index contributed by atoms with van der Waals surface area (Å²) < 4.78 is 0. The molecule has 110 valence electrons. The Bertz CT molecular complexity index is 696. The van der Waals surface area contributed by atoms with E-state index in [0.29, 0.717) is 5.41 Å². The van der Waals surface area contributed by atoms with Gasteiger partial charge in [0.2, 0.25) is 0 Å². The van der Waals surface area contributed by atoms with Gasteiger partial charge >= 0.3 is 0 Å². The van der Waals surface area contributed by atoms with Crippen molar-refractivity contribution in [3.8, 4) is 11.1 Å². The topological polar surface area (TPSA) is 0 Å². The predicted molar refractivity (Wildman–Crippen MR) is 91.9 cm³/mol. The van der Waals surface area contributed by atoms with Crippen LogP contribution in [0.1, 0.15) is 56.9 Å². The Balaban J connectivity index is 2.14. The lowest BCUT2D eigenvalue weighted by molar-refractivity contribution is 0.411. The number of rotatable bonds is 1. The summed E-state index contributed by atoms with van der Waals surface area (Å²) in [6, 6.07) is 14.0. The highest BCUT2D eigenvalue weighted by atomic mass is 14.4. The number of aryl methyl sites for hydroxylation is 1. The fourth-order valence-corrected chi connectivity index (χ4v) is 3.62. The first-order valence-corrected chi connectivity index (χ1v) is 7.93. The molecular weight excluding hydrogens is 252 g/mol. The molecule has 0 fully saturated rings. The SMILES string of the molecule is Cc1ccc2c(c1)C(C)(C)c1cc(CC(C)(C)C)ccc1-2. The van der Waals surface area contributed by atoms with Crippen molar-refractivity contribution < 1.29 is 0 Å². The van der Waals surface area contributed by atoms with Crippen LogP contribution in [0.2, 0.25) is 0 Å². The molecule has 3 rings (SSSR count). The minimum atomic E-state index is 0.116.